The number of aromatic amines is 1. The fraction of sp³-hybridized carbons (Fsp3) is 0.455. The number of aryl methyl sites for hydroxylation is 1. The van der Waals surface area contributed by atoms with Gasteiger partial charge in [-0.2, -0.15) is 10.1 Å². The molecule has 7 nitrogen and oxygen atoms in total. The zero-order valence-corrected chi connectivity index (χ0v) is 10.6. The van der Waals surface area contributed by atoms with Crippen molar-refractivity contribution in [3.05, 3.63) is 24.0 Å². The zero-order chi connectivity index (χ0) is 13.0. The Balaban J connectivity index is 2.13. The van der Waals surface area contributed by atoms with Gasteiger partial charge in [-0.15, -0.1) is 0 Å². The quantitative estimate of drug-likeness (QED) is 0.833. The normalized spacial score (nSPS) is 12.2. The van der Waals surface area contributed by atoms with Gasteiger partial charge in [0, 0.05) is 6.07 Å². The van der Waals surface area contributed by atoms with Gasteiger partial charge in [0.25, 0.3) is 0 Å². The van der Waals surface area contributed by atoms with E-state index in [2.05, 4.69) is 30.5 Å². The van der Waals surface area contributed by atoms with Crippen molar-refractivity contribution in [3.8, 4) is 5.88 Å². The van der Waals surface area contributed by atoms with Gasteiger partial charge in [0.15, 0.2) is 0 Å². The molecule has 2 rings (SSSR count). The van der Waals surface area contributed by atoms with E-state index in [1.54, 1.807) is 6.07 Å². The van der Waals surface area contributed by atoms with Crippen LogP contribution in [0.1, 0.15) is 31.5 Å². The number of hydrogen-bond donors (Lipinski definition) is 2. The van der Waals surface area contributed by atoms with E-state index in [9.17, 15) is 0 Å². The number of H-pyrrole nitrogens is 1. The summed E-state index contributed by atoms with van der Waals surface area (Å²) in [6.07, 6.45) is 1.48. The molecule has 2 heterocycles. The van der Waals surface area contributed by atoms with Crippen LogP contribution < -0.4 is 10.1 Å². The Hall–Kier alpha value is -2.18. The Morgan fingerprint density at radius 1 is 1.44 bits per heavy atom. The van der Waals surface area contributed by atoms with Gasteiger partial charge in [-0.25, -0.2) is 9.97 Å². The molecule has 0 aliphatic rings. The molecule has 0 fully saturated rings. The van der Waals surface area contributed by atoms with Gasteiger partial charge in [-0.1, -0.05) is 0 Å². The highest BCUT2D eigenvalue weighted by Gasteiger charge is 2.10. The fourth-order valence-electron chi connectivity index (χ4n) is 1.55. The molecular weight excluding hydrogens is 232 g/mol. The molecule has 0 spiro atoms. The summed E-state index contributed by atoms with van der Waals surface area (Å²) in [7, 11) is 0. The van der Waals surface area contributed by atoms with Crippen LogP contribution in [0, 0.1) is 6.92 Å². The second-order valence-corrected chi connectivity index (χ2v) is 3.81. The van der Waals surface area contributed by atoms with E-state index in [0.717, 1.165) is 5.82 Å². The van der Waals surface area contributed by atoms with Crippen molar-refractivity contribution >= 4 is 5.82 Å². The van der Waals surface area contributed by atoms with Crippen molar-refractivity contribution in [1.29, 1.82) is 0 Å². The number of nitrogens with zero attached hydrogens (tertiary/aromatic N) is 4. The van der Waals surface area contributed by atoms with Crippen LogP contribution in [0.15, 0.2) is 12.4 Å². The van der Waals surface area contributed by atoms with E-state index in [4.69, 9.17) is 4.74 Å². The van der Waals surface area contributed by atoms with Crippen LogP contribution in [0.5, 0.6) is 5.88 Å². The van der Waals surface area contributed by atoms with Crippen LogP contribution in [-0.4, -0.2) is 31.8 Å². The molecule has 2 aromatic rings. The first-order valence-corrected chi connectivity index (χ1v) is 5.79. The third kappa shape index (κ3) is 2.93. The summed E-state index contributed by atoms with van der Waals surface area (Å²) >= 11 is 0. The first kappa shape index (κ1) is 12.3. The van der Waals surface area contributed by atoms with E-state index in [1.807, 2.05) is 20.8 Å². The van der Waals surface area contributed by atoms with Crippen LogP contribution in [0.3, 0.4) is 0 Å². The molecular formula is C11H16N6O. The predicted octanol–water partition coefficient (Wildman–Crippen LogP) is 1.47. The van der Waals surface area contributed by atoms with Gasteiger partial charge < -0.3 is 10.1 Å². The van der Waals surface area contributed by atoms with Crippen molar-refractivity contribution in [2.24, 2.45) is 0 Å². The minimum absolute atomic E-state index is 0.0173. The Kier molecular flexibility index (Phi) is 3.71. The lowest BCUT2D eigenvalue weighted by atomic mass is 10.3. The first-order chi connectivity index (χ1) is 8.69. The van der Waals surface area contributed by atoms with Crippen molar-refractivity contribution in [1.82, 2.24) is 25.1 Å². The molecule has 0 saturated heterocycles. The minimum Gasteiger partial charge on any atom is -0.478 e. The average Bonchev–Trinajstić information content (AvgIpc) is 2.81. The third-order valence-electron chi connectivity index (χ3n) is 2.31. The summed E-state index contributed by atoms with van der Waals surface area (Å²) in [6.45, 7) is 6.29. The van der Waals surface area contributed by atoms with Crippen LogP contribution in [0.25, 0.3) is 0 Å². The highest BCUT2D eigenvalue weighted by atomic mass is 16.5. The van der Waals surface area contributed by atoms with Gasteiger partial charge >= 0.3 is 0 Å². The van der Waals surface area contributed by atoms with Gasteiger partial charge in [-0.05, 0) is 20.8 Å². The standard InChI is InChI=1S/C11H16N6O/c1-4-18-10-5-9(15-8(3)16-10)14-7(2)11-12-6-13-17-11/h5-7H,4H2,1-3H3,(H,12,13,17)(H,14,15,16). The van der Waals surface area contributed by atoms with E-state index in [1.165, 1.54) is 6.33 Å². The second-order valence-electron chi connectivity index (χ2n) is 3.81. The Morgan fingerprint density at radius 3 is 2.94 bits per heavy atom. The highest BCUT2D eigenvalue weighted by molar-refractivity contribution is 5.39. The van der Waals surface area contributed by atoms with Crippen molar-refractivity contribution in [3.63, 3.8) is 0 Å². The number of hydrogen-bond acceptors (Lipinski definition) is 6. The zero-order valence-electron chi connectivity index (χ0n) is 10.6. The number of nitrogens with one attached hydrogen (secondary N) is 2. The molecule has 18 heavy (non-hydrogen) atoms. The predicted molar refractivity (Wildman–Crippen MR) is 66.4 cm³/mol. The maximum absolute atomic E-state index is 5.37. The maximum Gasteiger partial charge on any atom is 0.218 e. The summed E-state index contributed by atoms with van der Waals surface area (Å²) in [6, 6.07) is 1.75. The molecule has 0 bridgehead atoms. The smallest absolute Gasteiger partial charge is 0.218 e. The van der Waals surface area contributed by atoms with E-state index in [-0.39, 0.29) is 6.04 Å². The highest BCUT2D eigenvalue weighted by Crippen LogP contribution is 2.18. The van der Waals surface area contributed by atoms with Gasteiger partial charge in [0.2, 0.25) is 5.88 Å². The van der Waals surface area contributed by atoms with E-state index in [0.29, 0.717) is 24.1 Å². The molecule has 0 radical (unpaired) electrons. The maximum atomic E-state index is 5.37. The molecule has 2 N–H and O–H groups in total. The molecule has 0 aliphatic heterocycles. The molecule has 7 heteroatoms. The summed E-state index contributed by atoms with van der Waals surface area (Å²) in [5.74, 6) is 2.68. The first-order valence-electron chi connectivity index (χ1n) is 5.79. The molecule has 0 amide bonds. The van der Waals surface area contributed by atoms with Gasteiger partial charge in [0.05, 0.1) is 12.6 Å². The van der Waals surface area contributed by atoms with Crippen LogP contribution in [-0.2, 0) is 0 Å². The topological polar surface area (TPSA) is 88.6 Å². The van der Waals surface area contributed by atoms with Crippen molar-refractivity contribution in [2.45, 2.75) is 26.8 Å². The largest absolute Gasteiger partial charge is 0.478 e. The number of aromatic nitrogens is 5. The van der Waals surface area contributed by atoms with Crippen LogP contribution >= 0.6 is 0 Å². The second kappa shape index (κ2) is 5.44. The van der Waals surface area contributed by atoms with E-state index < -0.39 is 0 Å². The lowest BCUT2D eigenvalue weighted by Gasteiger charge is -2.13. The van der Waals surface area contributed by atoms with Gasteiger partial charge in [-0.3, -0.25) is 5.10 Å². The molecule has 0 aliphatic carbocycles. The Morgan fingerprint density at radius 2 is 2.28 bits per heavy atom. The monoisotopic (exact) mass is 248 g/mol. The lowest BCUT2D eigenvalue weighted by molar-refractivity contribution is 0.325. The van der Waals surface area contributed by atoms with Crippen molar-refractivity contribution < 1.29 is 4.74 Å². The molecule has 1 atom stereocenters. The SMILES string of the molecule is CCOc1cc(NC(C)c2ncn[nH]2)nc(C)n1. The summed E-state index contributed by atoms with van der Waals surface area (Å²) in [4.78, 5) is 12.6. The number of ether oxygens (including phenoxy) is 1. The fourth-order valence-corrected chi connectivity index (χ4v) is 1.55. The summed E-state index contributed by atoms with van der Waals surface area (Å²) in [5, 5.41) is 9.85. The van der Waals surface area contributed by atoms with E-state index >= 15 is 0 Å². The molecule has 1 unspecified atom stereocenters. The molecule has 0 aromatic carbocycles. The Labute approximate surface area is 105 Å². The average molecular weight is 248 g/mol. The minimum atomic E-state index is -0.0173. The lowest BCUT2D eigenvalue weighted by Crippen LogP contribution is -2.11. The number of rotatable bonds is 5. The molecule has 2 aromatic heterocycles. The number of anilines is 1. The molecule has 0 saturated carbocycles. The van der Waals surface area contributed by atoms with Crippen LogP contribution in [0.2, 0.25) is 0 Å². The van der Waals surface area contributed by atoms with Crippen LogP contribution in [0.4, 0.5) is 5.82 Å². The van der Waals surface area contributed by atoms with Crippen molar-refractivity contribution in [2.75, 3.05) is 11.9 Å². The summed E-state index contributed by atoms with van der Waals surface area (Å²) in [5.41, 5.74) is 0. The van der Waals surface area contributed by atoms with Gasteiger partial charge in [0.1, 0.15) is 23.8 Å². The summed E-state index contributed by atoms with van der Waals surface area (Å²) < 4.78 is 5.37. The Bertz CT molecular complexity index is 498. The third-order valence-corrected chi connectivity index (χ3v) is 2.31. The molecule has 96 valence electrons.